The van der Waals surface area contributed by atoms with Crippen molar-refractivity contribution in [1.29, 1.82) is 0 Å². The van der Waals surface area contributed by atoms with E-state index in [1.807, 2.05) is 36.4 Å². The van der Waals surface area contributed by atoms with E-state index >= 15 is 0 Å². The van der Waals surface area contributed by atoms with Crippen molar-refractivity contribution < 1.29 is 14.0 Å². The van der Waals surface area contributed by atoms with Gasteiger partial charge in [0.25, 0.3) is 5.91 Å². The molecule has 0 unspecified atom stereocenters. The maximum atomic E-state index is 13.5. The van der Waals surface area contributed by atoms with Crippen molar-refractivity contribution in [2.24, 2.45) is 0 Å². The molecule has 2 aromatic carbocycles. The summed E-state index contributed by atoms with van der Waals surface area (Å²) in [5.74, 6) is -0.391. The van der Waals surface area contributed by atoms with Crippen molar-refractivity contribution in [1.82, 2.24) is 14.9 Å². The number of hydrogen-bond donors (Lipinski definition) is 3. The van der Waals surface area contributed by atoms with E-state index < -0.39 is 5.82 Å². The molecule has 0 fully saturated rings. The lowest BCUT2D eigenvalue weighted by molar-refractivity contribution is 0.0743. The first-order valence-electron chi connectivity index (χ1n) is 12.5. The molecular formula is C30H30FN5O2. The zero-order valence-electron chi connectivity index (χ0n) is 21.9. The van der Waals surface area contributed by atoms with Gasteiger partial charge in [0.15, 0.2) is 5.78 Å². The smallest absolute Gasteiger partial charge is 0.257 e. The number of aryl methyl sites for hydroxylation is 1. The predicted molar refractivity (Wildman–Crippen MR) is 147 cm³/mol. The number of pyridine rings is 1. The van der Waals surface area contributed by atoms with Gasteiger partial charge in [-0.3, -0.25) is 14.5 Å². The minimum absolute atomic E-state index is 0.0384. The maximum absolute atomic E-state index is 13.5. The van der Waals surface area contributed by atoms with Crippen LogP contribution in [0.15, 0.2) is 66.9 Å². The van der Waals surface area contributed by atoms with Crippen molar-refractivity contribution >= 4 is 28.9 Å². The highest BCUT2D eigenvalue weighted by Gasteiger charge is 2.35. The number of amides is 1. The summed E-state index contributed by atoms with van der Waals surface area (Å²) in [5.41, 5.74) is 5.27. The molecule has 0 saturated carbocycles. The van der Waals surface area contributed by atoms with E-state index in [1.54, 1.807) is 19.2 Å². The summed E-state index contributed by atoms with van der Waals surface area (Å²) < 4.78 is 13.5. The van der Waals surface area contributed by atoms with Gasteiger partial charge in [-0.2, -0.15) is 0 Å². The quantitative estimate of drug-likeness (QED) is 0.292. The number of para-hydroxylation sites is 1. The highest BCUT2D eigenvalue weighted by molar-refractivity contribution is 6.09. The Kier molecular flexibility index (Phi) is 6.59. The van der Waals surface area contributed by atoms with Crippen LogP contribution >= 0.6 is 0 Å². The predicted octanol–water partition coefficient (Wildman–Crippen LogP) is 6.32. The lowest BCUT2D eigenvalue weighted by Gasteiger charge is -2.37. The van der Waals surface area contributed by atoms with Gasteiger partial charge in [0.05, 0.1) is 23.5 Å². The van der Waals surface area contributed by atoms with Gasteiger partial charge >= 0.3 is 0 Å². The van der Waals surface area contributed by atoms with Crippen molar-refractivity contribution in [3.05, 3.63) is 95.1 Å². The lowest BCUT2D eigenvalue weighted by atomic mass is 9.97. The Morgan fingerprint density at radius 1 is 1.05 bits per heavy atom. The van der Waals surface area contributed by atoms with Gasteiger partial charge in [0, 0.05) is 40.8 Å². The minimum Gasteiger partial charge on any atom is -0.355 e. The van der Waals surface area contributed by atoms with E-state index in [1.165, 1.54) is 18.2 Å². The Balaban J connectivity index is 1.54. The van der Waals surface area contributed by atoms with Crippen LogP contribution in [0.25, 0.3) is 11.3 Å². The summed E-state index contributed by atoms with van der Waals surface area (Å²) in [6.07, 6.45) is 1.61. The number of benzene rings is 2. The number of H-pyrrole nitrogens is 1. The first kappa shape index (κ1) is 25.4. The fourth-order valence-electron chi connectivity index (χ4n) is 4.68. The Morgan fingerprint density at radius 2 is 1.82 bits per heavy atom. The fourth-order valence-corrected chi connectivity index (χ4v) is 4.68. The topological polar surface area (TPSA) is 90.1 Å². The van der Waals surface area contributed by atoms with Crippen LogP contribution in [0.5, 0.6) is 0 Å². The number of nitrogens with zero attached hydrogens (tertiary/aromatic N) is 2. The summed E-state index contributed by atoms with van der Waals surface area (Å²) in [4.78, 5) is 36.3. The summed E-state index contributed by atoms with van der Waals surface area (Å²) in [6.45, 7) is 8.90. The van der Waals surface area contributed by atoms with Gasteiger partial charge < -0.3 is 15.6 Å². The molecule has 3 heterocycles. The first-order valence-corrected chi connectivity index (χ1v) is 12.5. The van der Waals surface area contributed by atoms with Crippen molar-refractivity contribution in [2.45, 2.75) is 39.8 Å². The van der Waals surface area contributed by atoms with E-state index in [4.69, 9.17) is 0 Å². The Morgan fingerprint density at radius 3 is 2.53 bits per heavy atom. The third-order valence-corrected chi connectivity index (χ3v) is 6.76. The number of carbonyl (C=O) groups excluding carboxylic acids is 2. The second kappa shape index (κ2) is 9.87. The molecule has 1 amide bonds. The lowest BCUT2D eigenvalue weighted by Crippen LogP contribution is -2.46. The first-order chi connectivity index (χ1) is 18.1. The molecule has 38 heavy (non-hydrogen) atoms. The standard InChI is InChI=1S/C30H30FN5O2/c1-18-14-20(31)10-11-22(18)29(38)35-25-15-19(12-13-32-25)27-28(33-21-8-6-5-7-9-21)26-23(34-27)16-36(17-24(26)37)30(2,3)4/h5-15,33-34H,16-17H2,1-4H3,(H,32,35,38). The maximum Gasteiger partial charge on any atom is 0.257 e. The van der Waals surface area contributed by atoms with Crippen LogP contribution in [-0.4, -0.2) is 38.6 Å². The molecule has 0 spiro atoms. The molecule has 2 aromatic heterocycles. The molecule has 0 radical (unpaired) electrons. The number of nitrogens with one attached hydrogen (secondary N) is 3. The highest BCUT2D eigenvalue weighted by atomic mass is 19.1. The van der Waals surface area contributed by atoms with Crippen LogP contribution in [0.2, 0.25) is 0 Å². The van der Waals surface area contributed by atoms with Gasteiger partial charge in [-0.05, 0) is 75.7 Å². The van der Waals surface area contributed by atoms with Gasteiger partial charge in [0.2, 0.25) is 0 Å². The van der Waals surface area contributed by atoms with Gasteiger partial charge in [-0.25, -0.2) is 9.37 Å². The van der Waals surface area contributed by atoms with E-state index in [0.717, 1.165) is 22.6 Å². The van der Waals surface area contributed by atoms with Gasteiger partial charge in [0.1, 0.15) is 11.6 Å². The number of aromatic amines is 1. The Labute approximate surface area is 221 Å². The van der Waals surface area contributed by atoms with Gasteiger partial charge in [-0.15, -0.1) is 0 Å². The monoisotopic (exact) mass is 511 g/mol. The van der Waals surface area contributed by atoms with Crippen LogP contribution in [0.1, 0.15) is 52.7 Å². The molecule has 3 N–H and O–H groups in total. The average Bonchev–Trinajstić information content (AvgIpc) is 3.23. The van der Waals surface area contributed by atoms with E-state index in [2.05, 4.69) is 46.3 Å². The normalized spacial score (nSPS) is 13.8. The number of Topliss-reactive ketones (excluding diaryl/α,β-unsaturated/α-hetero) is 1. The molecule has 194 valence electrons. The molecule has 7 nitrogen and oxygen atoms in total. The molecule has 0 saturated heterocycles. The zero-order chi connectivity index (χ0) is 27.0. The number of halogens is 1. The Bertz CT molecular complexity index is 1520. The van der Waals surface area contributed by atoms with Crippen molar-refractivity contribution in [2.75, 3.05) is 17.2 Å². The molecule has 4 aromatic rings. The minimum atomic E-state index is -0.395. The number of rotatable bonds is 5. The number of anilines is 3. The average molecular weight is 512 g/mol. The number of fused-ring (bicyclic) bond motifs is 1. The summed E-state index contributed by atoms with van der Waals surface area (Å²) in [7, 11) is 0. The van der Waals surface area contributed by atoms with Crippen LogP contribution in [0, 0.1) is 12.7 Å². The van der Waals surface area contributed by atoms with Gasteiger partial charge in [-0.1, -0.05) is 18.2 Å². The molecule has 5 rings (SSSR count). The Hall–Kier alpha value is -4.30. The fraction of sp³-hybridized carbons (Fsp3) is 0.233. The van der Waals surface area contributed by atoms with E-state index in [-0.39, 0.29) is 17.2 Å². The third-order valence-electron chi connectivity index (χ3n) is 6.76. The second-order valence-electron chi connectivity index (χ2n) is 10.5. The van der Waals surface area contributed by atoms with E-state index in [0.29, 0.717) is 41.3 Å². The van der Waals surface area contributed by atoms with Crippen LogP contribution in [0.3, 0.4) is 0 Å². The molecule has 0 aliphatic carbocycles. The number of ketones is 1. The van der Waals surface area contributed by atoms with Crippen molar-refractivity contribution in [3.63, 3.8) is 0 Å². The molecule has 0 bridgehead atoms. The number of carbonyl (C=O) groups is 2. The highest BCUT2D eigenvalue weighted by Crippen LogP contribution is 2.39. The summed E-state index contributed by atoms with van der Waals surface area (Å²) in [5, 5.41) is 6.26. The SMILES string of the molecule is Cc1cc(F)ccc1C(=O)Nc1cc(-c2[nH]c3c(c2Nc2ccccc2)C(=O)CN(C(C)(C)C)C3)ccn1. The molecule has 0 atom stereocenters. The van der Waals surface area contributed by atoms with Crippen LogP contribution in [-0.2, 0) is 6.54 Å². The summed E-state index contributed by atoms with van der Waals surface area (Å²) in [6, 6.07) is 17.3. The molecule has 8 heteroatoms. The van der Waals surface area contributed by atoms with Crippen LogP contribution < -0.4 is 10.6 Å². The van der Waals surface area contributed by atoms with Crippen LogP contribution in [0.4, 0.5) is 21.6 Å². The largest absolute Gasteiger partial charge is 0.355 e. The molecular weight excluding hydrogens is 481 g/mol. The number of aromatic nitrogens is 2. The second-order valence-corrected chi connectivity index (χ2v) is 10.5. The third kappa shape index (κ3) is 5.08. The summed E-state index contributed by atoms with van der Waals surface area (Å²) >= 11 is 0. The molecule has 1 aliphatic rings. The van der Waals surface area contributed by atoms with E-state index in [9.17, 15) is 14.0 Å². The zero-order valence-corrected chi connectivity index (χ0v) is 21.9. The molecule has 1 aliphatic heterocycles. The number of hydrogen-bond acceptors (Lipinski definition) is 5. The van der Waals surface area contributed by atoms with Crippen molar-refractivity contribution in [3.8, 4) is 11.3 Å².